The van der Waals surface area contributed by atoms with Crippen LogP contribution < -0.4 is 15.8 Å². The molecule has 0 bridgehead atoms. The predicted molar refractivity (Wildman–Crippen MR) is 105 cm³/mol. The van der Waals surface area contributed by atoms with Gasteiger partial charge < -0.3 is 15.8 Å². The van der Waals surface area contributed by atoms with Gasteiger partial charge in [-0.2, -0.15) is 4.98 Å². The molecular weight excluding hydrogens is 362 g/mol. The van der Waals surface area contributed by atoms with E-state index in [2.05, 4.69) is 15.4 Å². The number of hydrogen-bond donors (Lipinski definition) is 2. The molecule has 1 aliphatic rings. The van der Waals surface area contributed by atoms with Crippen LogP contribution in [0.4, 0.5) is 5.95 Å². The summed E-state index contributed by atoms with van der Waals surface area (Å²) in [7, 11) is 0. The van der Waals surface area contributed by atoms with Gasteiger partial charge in [-0.3, -0.25) is 4.79 Å². The van der Waals surface area contributed by atoms with Gasteiger partial charge in [0, 0.05) is 5.70 Å². The third kappa shape index (κ3) is 3.08. The molecule has 1 aliphatic heterocycles. The summed E-state index contributed by atoms with van der Waals surface area (Å²) < 4.78 is 7.24. The molecule has 0 saturated heterocycles. The molecule has 2 aromatic heterocycles. The van der Waals surface area contributed by atoms with Crippen LogP contribution in [0.3, 0.4) is 0 Å². The Balaban J connectivity index is 1.82. The van der Waals surface area contributed by atoms with E-state index >= 15 is 0 Å². The highest BCUT2D eigenvalue weighted by Gasteiger charge is 2.33. The van der Waals surface area contributed by atoms with Crippen LogP contribution in [0.1, 0.15) is 25.5 Å². The molecule has 1 atom stereocenters. The van der Waals surface area contributed by atoms with Gasteiger partial charge in [0.05, 0.1) is 17.1 Å². The number of nitrogens with two attached hydrogens (primary N) is 1. The topological polar surface area (TPSA) is 95.1 Å². The third-order valence-electron chi connectivity index (χ3n) is 4.37. The number of thiophene rings is 1. The highest BCUT2D eigenvalue weighted by Crippen LogP contribution is 2.37. The van der Waals surface area contributed by atoms with Gasteiger partial charge >= 0.3 is 0 Å². The Morgan fingerprint density at radius 1 is 1.33 bits per heavy atom. The smallest absolute Gasteiger partial charge is 0.248 e. The zero-order valence-corrected chi connectivity index (χ0v) is 15.8. The fourth-order valence-corrected chi connectivity index (χ4v) is 3.85. The van der Waals surface area contributed by atoms with E-state index < -0.39 is 11.9 Å². The lowest BCUT2D eigenvalue weighted by molar-refractivity contribution is -0.115. The second-order valence-electron chi connectivity index (χ2n) is 6.11. The Kier molecular flexibility index (Phi) is 4.41. The van der Waals surface area contributed by atoms with Gasteiger partial charge in [-0.05, 0) is 43.0 Å². The van der Waals surface area contributed by atoms with Crippen LogP contribution in [0.5, 0.6) is 5.75 Å². The zero-order chi connectivity index (χ0) is 19.0. The van der Waals surface area contributed by atoms with Crippen LogP contribution >= 0.6 is 11.3 Å². The number of nitrogens with zero attached hydrogens (tertiary/aromatic N) is 3. The standard InChI is InChI=1S/C19H19N5O2S/c1-3-26-13-8-6-12(7-9-13)16-15(17(20)25)11(2)21-19-22-18(23-24(16)19)14-5-4-10-27-14/h4-10,16H,3H2,1-2H3,(H2,20,25)(H,21,22,23)/t16-/m1/s1. The molecule has 3 heterocycles. The second kappa shape index (κ2) is 6.88. The average Bonchev–Trinajstić information content (AvgIpc) is 3.30. The van der Waals surface area contributed by atoms with Crippen molar-refractivity contribution in [3.05, 3.63) is 58.6 Å². The first-order valence-corrected chi connectivity index (χ1v) is 9.47. The van der Waals surface area contributed by atoms with Crippen LogP contribution in [-0.2, 0) is 4.79 Å². The Labute approximate surface area is 160 Å². The van der Waals surface area contributed by atoms with Gasteiger partial charge in [-0.15, -0.1) is 16.4 Å². The van der Waals surface area contributed by atoms with E-state index in [1.54, 1.807) is 16.0 Å². The summed E-state index contributed by atoms with van der Waals surface area (Å²) in [5.41, 5.74) is 7.73. The normalized spacial score (nSPS) is 16.0. The predicted octanol–water partition coefficient (Wildman–Crippen LogP) is 3.18. The molecule has 8 heteroatoms. The summed E-state index contributed by atoms with van der Waals surface area (Å²) >= 11 is 1.56. The number of fused-ring (bicyclic) bond motifs is 1. The van der Waals surface area contributed by atoms with Gasteiger partial charge in [-0.25, -0.2) is 4.68 Å². The first kappa shape index (κ1) is 17.3. The quantitative estimate of drug-likeness (QED) is 0.708. The molecule has 27 heavy (non-hydrogen) atoms. The highest BCUT2D eigenvalue weighted by atomic mass is 32.1. The van der Waals surface area contributed by atoms with Crippen molar-refractivity contribution in [2.75, 3.05) is 11.9 Å². The summed E-state index contributed by atoms with van der Waals surface area (Å²) in [6.45, 7) is 4.35. The minimum Gasteiger partial charge on any atom is -0.494 e. The lowest BCUT2D eigenvalue weighted by atomic mass is 9.95. The zero-order valence-electron chi connectivity index (χ0n) is 15.0. The fraction of sp³-hybridized carbons (Fsp3) is 0.211. The molecule has 0 unspecified atom stereocenters. The molecule has 0 spiro atoms. The van der Waals surface area contributed by atoms with Crippen LogP contribution in [0.15, 0.2) is 53.0 Å². The van der Waals surface area contributed by atoms with Crippen LogP contribution in [-0.4, -0.2) is 27.3 Å². The number of amides is 1. The number of hydrogen-bond acceptors (Lipinski definition) is 6. The van der Waals surface area contributed by atoms with Crippen LogP contribution in [0.2, 0.25) is 0 Å². The number of carbonyl (C=O) groups is 1. The minimum absolute atomic E-state index is 0.448. The molecule has 0 fully saturated rings. The number of ether oxygens (including phenoxy) is 1. The number of primary amides is 1. The van der Waals surface area contributed by atoms with E-state index in [0.29, 0.717) is 29.6 Å². The molecule has 1 aromatic carbocycles. The van der Waals surface area contributed by atoms with Crippen molar-refractivity contribution in [1.82, 2.24) is 14.8 Å². The van der Waals surface area contributed by atoms with E-state index in [1.165, 1.54) is 0 Å². The SMILES string of the molecule is CCOc1ccc([C@@H]2C(C(N)=O)=C(C)Nc3nc(-c4cccs4)nn32)cc1. The molecule has 0 radical (unpaired) electrons. The van der Waals surface area contributed by atoms with Gasteiger partial charge in [0.25, 0.3) is 0 Å². The fourth-order valence-electron chi connectivity index (χ4n) is 3.20. The number of allylic oxidation sites excluding steroid dienone is 1. The maximum absolute atomic E-state index is 12.2. The molecule has 0 saturated carbocycles. The van der Waals surface area contributed by atoms with Gasteiger partial charge in [0.15, 0.2) is 5.82 Å². The molecule has 1 amide bonds. The summed E-state index contributed by atoms with van der Waals surface area (Å²) in [5.74, 6) is 1.48. The lowest BCUT2D eigenvalue weighted by Crippen LogP contribution is -2.31. The Morgan fingerprint density at radius 3 is 2.74 bits per heavy atom. The molecule has 4 rings (SSSR count). The average molecular weight is 381 g/mol. The molecule has 3 N–H and O–H groups in total. The number of nitrogens with one attached hydrogen (secondary N) is 1. The van der Waals surface area contributed by atoms with E-state index in [9.17, 15) is 4.79 Å². The van der Waals surface area contributed by atoms with Gasteiger partial charge in [0.2, 0.25) is 11.9 Å². The maximum Gasteiger partial charge on any atom is 0.248 e. The first-order chi connectivity index (χ1) is 13.1. The Hall–Kier alpha value is -3.13. The monoisotopic (exact) mass is 381 g/mol. The van der Waals surface area contributed by atoms with Crippen molar-refractivity contribution < 1.29 is 9.53 Å². The lowest BCUT2D eigenvalue weighted by Gasteiger charge is -2.27. The van der Waals surface area contributed by atoms with Gasteiger partial charge in [0.1, 0.15) is 11.8 Å². The third-order valence-corrected chi connectivity index (χ3v) is 5.23. The number of benzene rings is 1. The molecule has 0 aliphatic carbocycles. The second-order valence-corrected chi connectivity index (χ2v) is 7.06. The molecule has 7 nitrogen and oxygen atoms in total. The number of anilines is 1. The van der Waals surface area contributed by atoms with Crippen LogP contribution in [0, 0.1) is 0 Å². The highest BCUT2D eigenvalue weighted by molar-refractivity contribution is 7.13. The summed E-state index contributed by atoms with van der Waals surface area (Å²) in [6, 6.07) is 11.1. The van der Waals surface area contributed by atoms with E-state index in [4.69, 9.17) is 10.5 Å². The number of rotatable bonds is 5. The number of carbonyl (C=O) groups excluding carboxylic acids is 1. The summed E-state index contributed by atoms with van der Waals surface area (Å²) in [5, 5.41) is 9.79. The van der Waals surface area contributed by atoms with E-state index in [-0.39, 0.29) is 0 Å². The van der Waals surface area contributed by atoms with Crippen molar-refractivity contribution in [2.45, 2.75) is 19.9 Å². The molecular formula is C19H19N5O2S. The minimum atomic E-state index is -0.488. The maximum atomic E-state index is 12.2. The first-order valence-electron chi connectivity index (χ1n) is 8.59. The van der Waals surface area contributed by atoms with Crippen molar-refractivity contribution in [2.24, 2.45) is 5.73 Å². The van der Waals surface area contributed by atoms with Crippen molar-refractivity contribution in [3.63, 3.8) is 0 Å². The van der Waals surface area contributed by atoms with E-state index in [1.807, 2.05) is 55.6 Å². The summed E-state index contributed by atoms with van der Waals surface area (Å²) in [4.78, 5) is 17.8. The summed E-state index contributed by atoms with van der Waals surface area (Å²) in [6.07, 6.45) is 0. The van der Waals surface area contributed by atoms with Crippen LogP contribution in [0.25, 0.3) is 10.7 Å². The number of aromatic nitrogens is 3. The van der Waals surface area contributed by atoms with Crippen molar-refractivity contribution in [3.8, 4) is 16.5 Å². The van der Waals surface area contributed by atoms with Gasteiger partial charge in [-0.1, -0.05) is 18.2 Å². The molecule has 3 aromatic rings. The van der Waals surface area contributed by atoms with E-state index in [0.717, 1.165) is 16.2 Å². The van der Waals surface area contributed by atoms with Crippen molar-refractivity contribution >= 4 is 23.2 Å². The Morgan fingerprint density at radius 2 is 2.11 bits per heavy atom. The largest absolute Gasteiger partial charge is 0.494 e. The van der Waals surface area contributed by atoms with Crippen molar-refractivity contribution in [1.29, 1.82) is 0 Å². The molecule has 138 valence electrons. The Bertz CT molecular complexity index is 1010.